The third-order valence-corrected chi connectivity index (χ3v) is 15.4. The predicted molar refractivity (Wildman–Crippen MR) is 239 cm³/mol. The van der Waals surface area contributed by atoms with Crippen LogP contribution >= 0.6 is 55.1 Å². The fourth-order valence-corrected chi connectivity index (χ4v) is 11.3. The van der Waals surface area contributed by atoms with Gasteiger partial charge in [0.25, 0.3) is 11.8 Å². The van der Waals surface area contributed by atoms with Crippen LogP contribution in [-0.4, -0.2) is 53.7 Å². The number of carbonyl (C=O) groups excluding carboxylic acids is 5. The number of ether oxygens (including phenoxy) is 2. The molecule has 62 heavy (non-hydrogen) atoms. The number of nitrogens with zero attached hydrogens (tertiary/aromatic N) is 2. The SMILES string of the molecule is COc1ccc(C23C(=O)N(Nc4ccc(Cl)cc4Cl)C(=O)C2CC2C(=CCC4C(=O)N(c5ccc(C(=O)c6ccccc6)cc5)C(=O)C42)C3c2cc(OC)c(O)c(Br)c2Br)cc1. The quantitative estimate of drug-likeness (QED) is 0.0839. The fourth-order valence-electron chi connectivity index (χ4n) is 9.94. The van der Waals surface area contributed by atoms with Gasteiger partial charge in [0, 0.05) is 26.5 Å². The van der Waals surface area contributed by atoms with Crippen LogP contribution in [0.3, 0.4) is 0 Å². The lowest BCUT2D eigenvalue weighted by molar-refractivity contribution is -0.138. The van der Waals surface area contributed by atoms with Crippen molar-refractivity contribution in [3.63, 3.8) is 0 Å². The lowest BCUT2D eigenvalue weighted by Crippen LogP contribution is -2.53. The average molecular weight is 1000 g/mol. The minimum Gasteiger partial charge on any atom is -0.503 e. The second kappa shape index (κ2) is 16.0. The minimum atomic E-state index is -1.67. The standard InChI is InChI=1S/C47H35Br2Cl2N3O8/c1-61-28-15-10-25(11-16-28)47-33(44(58)54(46(47)60)52-35-19-12-26(50)20-34(35)51)21-31-29(38(47)32-22-36(62-2)42(56)40(49)39(32)48)17-18-30-37(31)45(59)53(43(30)57)27-13-8-24(9-14-27)41(55)23-6-4-3-5-7-23/h3-17,19-20,22,30-31,33,37-38,52,56H,18,21H2,1-2H3. The first-order chi connectivity index (χ1) is 29.8. The highest BCUT2D eigenvalue weighted by molar-refractivity contribution is 9.13. The van der Waals surface area contributed by atoms with Gasteiger partial charge in [-0.3, -0.25) is 34.3 Å². The number of nitrogens with one attached hydrogen (secondary N) is 1. The number of halogens is 4. The smallest absolute Gasteiger partial charge is 0.260 e. The molecule has 0 aromatic heterocycles. The van der Waals surface area contributed by atoms with Crippen LogP contribution in [0.2, 0.25) is 10.0 Å². The molecule has 1 saturated carbocycles. The van der Waals surface area contributed by atoms with Crippen LogP contribution in [0, 0.1) is 23.7 Å². The zero-order valence-electron chi connectivity index (χ0n) is 32.9. The highest BCUT2D eigenvalue weighted by Crippen LogP contribution is 2.66. The lowest BCUT2D eigenvalue weighted by atomic mass is 9.49. The van der Waals surface area contributed by atoms with Gasteiger partial charge in [0.05, 0.1) is 58.3 Å². The number of ketones is 1. The van der Waals surface area contributed by atoms with Gasteiger partial charge < -0.3 is 14.6 Å². The van der Waals surface area contributed by atoms with Gasteiger partial charge >= 0.3 is 0 Å². The zero-order valence-corrected chi connectivity index (χ0v) is 37.6. The van der Waals surface area contributed by atoms with Gasteiger partial charge in [-0.1, -0.05) is 77.3 Å². The van der Waals surface area contributed by atoms with Crippen molar-refractivity contribution in [2.24, 2.45) is 23.7 Å². The number of phenolic OH excluding ortho intramolecular Hbond substituents is 1. The van der Waals surface area contributed by atoms with E-state index in [-0.39, 0.29) is 45.3 Å². The monoisotopic (exact) mass is 997 g/mol. The summed E-state index contributed by atoms with van der Waals surface area (Å²) in [6.07, 6.45) is 2.12. The number of carbonyl (C=O) groups is 5. The summed E-state index contributed by atoms with van der Waals surface area (Å²) in [5.41, 5.74) is 4.47. The van der Waals surface area contributed by atoms with Crippen LogP contribution < -0.4 is 19.8 Å². The number of benzene rings is 5. The summed E-state index contributed by atoms with van der Waals surface area (Å²) in [5, 5.41) is 12.6. The summed E-state index contributed by atoms with van der Waals surface area (Å²) >= 11 is 20.1. The molecule has 314 valence electrons. The molecule has 11 nitrogen and oxygen atoms in total. The van der Waals surface area contributed by atoms with E-state index in [9.17, 15) is 19.5 Å². The van der Waals surface area contributed by atoms with Gasteiger partial charge in [0.1, 0.15) is 5.75 Å². The Morgan fingerprint density at radius 3 is 2.16 bits per heavy atom. The molecule has 2 saturated heterocycles. The van der Waals surface area contributed by atoms with E-state index in [0.717, 1.165) is 5.01 Å². The number of phenols is 1. The number of methoxy groups -OCH3 is 2. The first kappa shape index (κ1) is 41.9. The van der Waals surface area contributed by atoms with E-state index in [1.807, 2.05) is 12.1 Å². The Labute approximate surface area is 382 Å². The Hall–Kier alpha value is -5.47. The number of allylic oxidation sites excluding steroid dienone is 2. The third-order valence-electron chi connectivity index (χ3n) is 12.7. The molecule has 2 heterocycles. The van der Waals surface area contributed by atoms with Crippen LogP contribution in [0.5, 0.6) is 17.2 Å². The maximum atomic E-state index is 15.7. The Morgan fingerprint density at radius 2 is 1.50 bits per heavy atom. The van der Waals surface area contributed by atoms with E-state index < -0.39 is 58.6 Å². The first-order valence-corrected chi connectivity index (χ1v) is 21.9. The molecule has 3 fully saturated rings. The van der Waals surface area contributed by atoms with E-state index in [1.54, 1.807) is 91.0 Å². The molecule has 2 aliphatic carbocycles. The summed E-state index contributed by atoms with van der Waals surface area (Å²) in [7, 11) is 2.93. The number of rotatable bonds is 9. The molecule has 0 bridgehead atoms. The van der Waals surface area contributed by atoms with Gasteiger partial charge in [-0.2, -0.15) is 5.01 Å². The van der Waals surface area contributed by atoms with E-state index in [1.165, 1.54) is 25.2 Å². The number of fused-ring (bicyclic) bond motifs is 4. The summed E-state index contributed by atoms with van der Waals surface area (Å²) < 4.78 is 11.8. The zero-order chi connectivity index (χ0) is 43.8. The van der Waals surface area contributed by atoms with Crippen LogP contribution in [0.25, 0.3) is 0 Å². The molecule has 4 aliphatic rings. The van der Waals surface area contributed by atoms with Gasteiger partial charge in [0.15, 0.2) is 17.3 Å². The van der Waals surface area contributed by atoms with Gasteiger partial charge in [-0.15, -0.1) is 0 Å². The second-order valence-electron chi connectivity index (χ2n) is 15.6. The van der Waals surface area contributed by atoms with Crippen molar-refractivity contribution in [2.75, 3.05) is 24.5 Å². The van der Waals surface area contributed by atoms with Crippen molar-refractivity contribution in [3.05, 3.63) is 156 Å². The summed E-state index contributed by atoms with van der Waals surface area (Å²) in [6, 6.07) is 28.4. The van der Waals surface area contributed by atoms with Crippen LogP contribution in [-0.2, 0) is 24.6 Å². The topological polar surface area (TPSA) is 143 Å². The maximum absolute atomic E-state index is 15.7. The third kappa shape index (κ3) is 6.38. The highest BCUT2D eigenvalue weighted by Gasteiger charge is 2.70. The molecular weight excluding hydrogens is 965 g/mol. The average Bonchev–Trinajstić information content (AvgIpc) is 3.67. The van der Waals surface area contributed by atoms with Gasteiger partial charge in [-0.25, -0.2) is 0 Å². The molecule has 6 unspecified atom stereocenters. The molecule has 6 atom stereocenters. The van der Waals surface area contributed by atoms with Crippen molar-refractivity contribution < 1.29 is 38.6 Å². The number of imide groups is 2. The van der Waals surface area contributed by atoms with Crippen molar-refractivity contribution in [1.29, 1.82) is 0 Å². The van der Waals surface area contributed by atoms with Gasteiger partial charge in [-0.05, 0) is 122 Å². The van der Waals surface area contributed by atoms with Crippen LogP contribution in [0.1, 0.15) is 45.8 Å². The van der Waals surface area contributed by atoms with E-state index in [2.05, 4.69) is 37.3 Å². The number of anilines is 2. The second-order valence-corrected chi connectivity index (χ2v) is 18.0. The normalized spacial score (nSPS) is 24.0. The first-order valence-electron chi connectivity index (χ1n) is 19.6. The molecule has 2 aliphatic heterocycles. The summed E-state index contributed by atoms with van der Waals surface area (Å²) in [5.74, 6) is -6.22. The Balaban J connectivity index is 1.20. The number of hydrogen-bond acceptors (Lipinski definition) is 9. The molecule has 4 amide bonds. The molecule has 5 aromatic carbocycles. The fraction of sp³-hybridized carbons (Fsp3) is 0.213. The van der Waals surface area contributed by atoms with Crippen molar-refractivity contribution in [2.45, 2.75) is 24.2 Å². The van der Waals surface area contributed by atoms with Crippen LogP contribution in [0.15, 0.2) is 124 Å². The molecule has 15 heteroatoms. The Kier molecular flexibility index (Phi) is 10.8. The highest BCUT2D eigenvalue weighted by atomic mass is 79.9. The minimum absolute atomic E-state index is 0.0258. The summed E-state index contributed by atoms with van der Waals surface area (Å²) in [4.78, 5) is 74.6. The van der Waals surface area contributed by atoms with Crippen molar-refractivity contribution in [3.8, 4) is 17.2 Å². The van der Waals surface area contributed by atoms with E-state index >= 15 is 9.59 Å². The predicted octanol–water partition coefficient (Wildman–Crippen LogP) is 9.66. The van der Waals surface area contributed by atoms with E-state index in [0.29, 0.717) is 48.8 Å². The number of hydrogen-bond donors (Lipinski definition) is 2. The maximum Gasteiger partial charge on any atom is 0.260 e. The molecular formula is C47H35Br2Cl2N3O8. The number of amides is 4. The number of aromatic hydroxyl groups is 1. The number of hydrazine groups is 1. The van der Waals surface area contributed by atoms with E-state index in [4.69, 9.17) is 32.7 Å². The largest absolute Gasteiger partial charge is 0.503 e. The molecule has 0 spiro atoms. The molecule has 9 rings (SSSR count). The Morgan fingerprint density at radius 1 is 0.806 bits per heavy atom. The Bertz CT molecular complexity index is 2750. The molecule has 5 aromatic rings. The summed E-state index contributed by atoms with van der Waals surface area (Å²) in [6.45, 7) is 0. The van der Waals surface area contributed by atoms with Crippen LogP contribution in [0.4, 0.5) is 11.4 Å². The molecule has 2 N–H and O–H groups in total. The van der Waals surface area contributed by atoms with Crippen molar-refractivity contribution in [1.82, 2.24) is 5.01 Å². The molecule has 0 radical (unpaired) electrons. The lowest BCUT2D eigenvalue weighted by Gasteiger charge is -2.51. The van der Waals surface area contributed by atoms with Crippen molar-refractivity contribution >= 4 is 95.8 Å². The van der Waals surface area contributed by atoms with Gasteiger partial charge in [0.2, 0.25) is 11.8 Å².